The van der Waals surface area contributed by atoms with Crippen LogP contribution in [0.3, 0.4) is 0 Å². The van der Waals surface area contributed by atoms with Crippen LogP contribution >= 0.6 is 0 Å². The zero-order chi connectivity index (χ0) is 18.2. The molecule has 6 nitrogen and oxygen atoms in total. The van der Waals surface area contributed by atoms with Gasteiger partial charge in [-0.2, -0.15) is 0 Å². The lowest BCUT2D eigenvalue weighted by Gasteiger charge is -2.17. The van der Waals surface area contributed by atoms with Crippen molar-refractivity contribution in [2.24, 2.45) is 0 Å². The molecule has 0 fully saturated rings. The molecular weight excluding hydrogens is 318 g/mol. The highest BCUT2D eigenvalue weighted by molar-refractivity contribution is 5.98. The smallest absolute Gasteiger partial charge is 0.251 e. The molecule has 1 unspecified atom stereocenters. The van der Waals surface area contributed by atoms with Gasteiger partial charge in [0, 0.05) is 18.3 Å². The van der Waals surface area contributed by atoms with E-state index >= 15 is 0 Å². The highest BCUT2D eigenvalue weighted by Gasteiger charge is 2.15. The monoisotopic (exact) mass is 341 g/mol. The zero-order valence-corrected chi connectivity index (χ0v) is 14.6. The van der Waals surface area contributed by atoms with Crippen LogP contribution in [0.1, 0.15) is 24.2 Å². The fraction of sp³-hybridized carbons (Fsp3) is 0.263. The number of nitrogens with one attached hydrogen (secondary N) is 3. The van der Waals surface area contributed by atoms with Crippen LogP contribution < -0.4 is 20.7 Å². The maximum Gasteiger partial charge on any atom is 0.251 e. The van der Waals surface area contributed by atoms with E-state index in [4.69, 9.17) is 4.74 Å². The second-order valence-electron chi connectivity index (χ2n) is 5.44. The average molecular weight is 341 g/mol. The Bertz CT molecular complexity index is 746. The summed E-state index contributed by atoms with van der Waals surface area (Å²) in [6.45, 7) is 4.17. The third-order valence-electron chi connectivity index (χ3n) is 3.57. The van der Waals surface area contributed by atoms with Crippen molar-refractivity contribution in [1.82, 2.24) is 5.32 Å². The Hall–Kier alpha value is -3.02. The van der Waals surface area contributed by atoms with Gasteiger partial charge in [-0.3, -0.25) is 9.59 Å². The lowest BCUT2D eigenvalue weighted by molar-refractivity contribution is -0.116. The summed E-state index contributed by atoms with van der Waals surface area (Å²) in [7, 11) is 1.58. The Balaban J connectivity index is 2.05. The molecule has 0 saturated carbocycles. The fourth-order valence-electron chi connectivity index (χ4n) is 2.30. The topological polar surface area (TPSA) is 79.5 Å². The molecule has 2 amide bonds. The van der Waals surface area contributed by atoms with Gasteiger partial charge in [-0.15, -0.1) is 0 Å². The number of amides is 2. The number of rotatable bonds is 7. The molecule has 3 N–H and O–H groups in total. The third-order valence-corrected chi connectivity index (χ3v) is 3.57. The van der Waals surface area contributed by atoms with Gasteiger partial charge >= 0.3 is 0 Å². The van der Waals surface area contributed by atoms with Crippen molar-refractivity contribution in [1.29, 1.82) is 0 Å². The molecule has 132 valence electrons. The molecule has 6 heteroatoms. The summed E-state index contributed by atoms with van der Waals surface area (Å²) in [6, 6.07) is 13.8. The van der Waals surface area contributed by atoms with E-state index in [0.29, 0.717) is 29.3 Å². The highest BCUT2D eigenvalue weighted by atomic mass is 16.5. The van der Waals surface area contributed by atoms with Crippen LogP contribution in [0.15, 0.2) is 48.5 Å². The molecule has 0 aliphatic heterocycles. The van der Waals surface area contributed by atoms with Gasteiger partial charge in [-0.05, 0) is 44.2 Å². The van der Waals surface area contributed by atoms with Gasteiger partial charge in [0.15, 0.2) is 0 Å². The molecule has 0 aliphatic carbocycles. The van der Waals surface area contributed by atoms with Crippen molar-refractivity contribution in [2.75, 3.05) is 24.3 Å². The zero-order valence-electron chi connectivity index (χ0n) is 14.6. The Kier molecular flexibility index (Phi) is 6.39. The predicted molar refractivity (Wildman–Crippen MR) is 99.2 cm³/mol. The molecule has 0 spiro atoms. The minimum absolute atomic E-state index is 0.175. The van der Waals surface area contributed by atoms with E-state index in [9.17, 15) is 9.59 Å². The first-order chi connectivity index (χ1) is 12.0. The summed E-state index contributed by atoms with van der Waals surface area (Å²) >= 11 is 0. The number of carbonyl (C=O) groups excluding carboxylic acids is 2. The van der Waals surface area contributed by atoms with E-state index in [-0.39, 0.29) is 11.8 Å². The van der Waals surface area contributed by atoms with Crippen LogP contribution in [-0.2, 0) is 4.79 Å². The Morgan fingerprint density at radius 1 is 1.12 bits per heavy atom. The Morgan fingerprint density at radius 3 is 2.60 bits per heavy atom. The molecule has 2 aromatic carbocycles. The van der Waals surface area contributed by atoms with Crippen LogP contribution in [0.4, 0.5) is 11.4 Å². The first-order valence-electron chi connectivity index (χ1n) is 8.16. The lowest BCUT2D eigenvalue weighted by Crippen LogP contribution is -2.32. The summed E-state index contributed by atoms with van der Waals surface area (Å²) in [5.74, 6) is 0.260. The molecule has 0 bridgehead atoms. The van der Waals surface area contributed by atoms with Crippen LogP contribution in [0.2, 0.25) is 0 Å². The SMILES string of the molecule is CCOc1ccccc1NC(=O)C(C)Nc1cccc(C(=O)NC)c1. The molecule has 0 aliphatic rings. The van der Waals surface area contributed by atoms with Crippen molar-refractivity contribution < 1.29 is 14.3 Å². The molecule has 2 rings (SSSR count). The Morgan fingerprint density at radius 2 is 1.88 bits per heavy atom. The number of ether oxygens (including phenoxy) is 1. The van der Waals surface area contributed by atoms with E-state index in [1.54, 1.807) is 38.2 Å². The maximum atomic E-state index is 12.4. The van der Waals surface area contributed by atoms with Crippen LogP contribution in [0, 0.1) is 0 Å². The van der Waals surface area contributed by atoms with Crippen LogP contribution in [0.5, 0.6) is 5.75 Å². The van der Waals surface area contributed by atoms with Gasteiger partial charge in [-0.1, -0.05) is 18.2 Å². The molecule has 0 saturated heterocycles. The quantitative estimate of drug-likeness (QED) is 0.723. The molecule has 0 radical (unpaired) electrons. The van der Waals surface area contributed by atoms with Crippen LogP contribution in [0.25, 0.3) is 0 Å². The van der Waals surface area contributed by atoms with Gasteiger partial charge in [0.25, 0.3) is 5.91 Å². The van der Waals surface area contributed by atoms with Crippen molar-refractivity contribution in [2.45, 2.75) is 19.9 Å². The summed E-state index contributed by atoms with van der Waals surface area (Å²) in [5.41, 5.74) is 1.85. The summed E-state index contributed by atoms with van der Waals surface area (Å²) in [4.78, 5) is 24.1. The number of carbonyl (C=O) groups is 2. The first kappa shape index (κ1) is 18.3. The number of hydrogen-bond acceptors (Lipinski definition) is 4. The van der Waals surface area contributed by atoms with Gasteiger partial charge in [0.2, 0.25) is 5.91 Å². The van der Waals surface area contributed by atoms with Gasteiger partial charge in [0.05, 0.1) is 12.3 Å². The number of anilines is 2. The van der Waals surface area contributed by atoms with Crippen molar-refractivity contribution in [3.05, 3.63) is 54.1 Å². The number of para-hydroxylation sites is 2. The summed E-state index contributed by atoms with van der Waals surface area (Å²) < 4.78 is 5.51. The predicted octanol–water partition coefficient (Wildman–Crippen LogP) is 2.88. The van der Waals surface area contributed by atoms with Crippen molar-refractivity contribution in [3.8, 4) is 5.75 Å². The van der Waals surface area contributed by atoms with E-state index < -0.39 is 6.04 Å². The average Bonchev–Trinajstić information content (AvgIpc) is 2.63. The highest BCUT2D eigenvalue weighted by Crippen LogP contribution is 2.24. The summed E-state index contributed by atoms with van der Waals surface area (Å²) in [6.07, 6.45) is 0. The lowest BCUT2D eigenvalue weighted by atomic mass is 10.1. The first-order valence-corrected chi connectivity index (χ1v) is 8.16. The second-order valence-corrected chi connectivity index (χ2v) is 5.44. The normalized spacial score (nSPS) is 11.3. The minimum atomic E-state index is -0.491. The van der Waals surface area contributed by atoms with Crippen molar-refractivity contribution in [3.63, 3.8) is 0 Å². The standard InChI is InChI=1S/C19H23N3O3/c1-4-25-17-11-6-5-10-16(17)22-18(23)13(2)21-15-9-7-8-14(12-15)19(24)20-3/h5-13,21H,4H2,1-3H3,(H,20,24)(H,22,23). The van der Waals surface area contributed by atoms with E-state index in [0.717, 1.165) is 0 Å². The van der Waals surface area contributed by atoms with E-state index in [2.05, 4.69) is 16.0 Å². The van der Waals surface area contributed by atoms with Crippen molar-refractivity contribution >= 4 is 23.2 Å². The van der Waals surface area contributed by atoms with E-state index in [1.165, 1.54) is 0 Å². The van der Waals surface area contributed by atoms with Gasteiger partial charge < -0.3 is 20.7 Å². The maximum absolute atomic E-state index is 12.4. The Labute approximate surface area is 147 Å². The summed E-state index contributed by atoms with van der Waals surface area (Å²) in [5, 5.41) is 8.53. The fourth-order valence-corrected chi connectivity index (χ4v) is 2.30. The number of hydrogen-bond donors (Lipinski definition) is 3. The number of benzene rings is 2. The van der Waals surface area contributed by atoms with E-state index in [1.807, 2.05) is 31.2 Å². The third kappa shape index (κ3) is 4.97. The second kappa shape index (κ2) is 8.73. The minimum Gasteiger partial charge on any atom is -0.492 e. The van der Waals surface area contributed by atoms with Gasteiger partial charge in [-0.25, -0.2) is 0 Å². The molecular formula is C19H23N3O3. The van der Waals surface area contributed by atoms with Crippen LogP contribution in [-0.4, -0.2) is 31.5 Å². The molecule has 0 heterocycles. The van der Waals surface area contributed by atoms with Gasteiger partial charge in [0.1, 0.15) is 11.8 Å². The molecule has 1 atom stereocenters. The largest absolute Gasteiger partial charge is 0.492 e. The molecule has 2 aromatic rings. The molecule has 0 aromatic heterocycles. The molecule has 25 heavy (non-hydrogen) atoms.